The summed E-state index contributed by atoms with van der Waals surface area (Å²) in [5, 5.41) is 9.85. The molecule has 0 atom stereocenters. The van der Waals surface area contributed by atoms with E-state index in [1.807, 2.05) is 6.07 Å². The Kier molecular flexibility index (Phi) is 5.49. The minimum absolute atomic E-state index is 0.176. The van der Waals surface area contributed by atoms with Crippen molar-refractivity contribution >= 4 is 6.21 Å². The maximum Gasteiger partial charge on any atom is 0.142 e. The molecule has 4 nitrogen and oxygen atoms in total. The van der Waals surface area contributed by atoms with Gasteiger partial charge in [0.1, 0.15) is 11.4 Å². The Balaban J connectivity index is 1.47. The van der Waals surface area contributed by atoms with Gasteiger partial charge in [0.25, 0.3) is 0 Å². The van der Waals surface area contributed by atoms with Crippen molar-refractivity contribution in [2.45, 2.75) is 25.9 Å². The summed E-state index contributed by atoms with van der Waals surface area (Å²) in [6, 6.07) is 21.0. The average molecular weight is 371 g/mol. The second kappa shape index (κ2) is 8.36. The molecule has 1 aliphatic heterocycles. The van der Waals surface area contributed by atoms with E-state index in [2.05, 4.69) is 63.4 Å². The highest BCUT2D eigenvalue weighted by Crippen LogP contribution is 2.32. The van der Waals surface area contributed by atoms with E-state index in [9.17, 15) is 5.11 Å². The zero-order valence-corrected chi connectivity index (χ0v) is 16.2. The molecule has 0 bridgehead atoms. The van der Waals surface area contributed by atoms with E-state index in [1.165, 1.54) is 22.3 Å². The Morgan fingerprint density at radius 3 is 2.25 bits per heavy atom. The summed E-state index contributed by atoms with van der Waals surface area (Å²) in [5.41, 5.74) is 7.00. The topological polar surface area (TPSA) is 48.7 Å². The second-order valence-corrected chi connectivity index (χ2v) is 7.22. The molecule has 0 saturated heterocycles. The van der Waals surface area contributed by atoms with E-state index >= 15 is 0 Å². The Morgan fingerprint density at radius 1 is 0.964 bits per heavy atom. The molecule has 0 fully saturated rings. The molecule has 142 valence electrons. The molecule has 1 N–H and O–H groups in total. The van der Waals surface area contributed by atoms with Gasteiger partial charge in [0.05, 0.1) is 6.21 Å². The van der Waals surface area contributed by atoms with Gasteiger partial charge in [0.2, 0.25) is 0 Å². The largest absolute Gasteiger partial charge is 0.506 e. The molecule has 2 aromatic carbocycles. The molecule has 4 heteroatoms. The van der Waals surface area contributed by atoms with Crippen molar-refractivity contribution in [1.29, 1.82) is 0 Å². The minimum atomic E-state index is 0.176. The Labute approximate surface area is 166 Å². The molecule has 0 aliphatic carbocycles. The van der Waals surface area contributed by atoms with Crippen LogP contribution in [-0.2, 0) is 19.5 Å². The second-order valence-electron chi connectivity index (χ2n) is 7.22. The van der Waals surface area contributed by atoms with Crippen molar-refractivity contribution in [3.05, 3.63) is 83.2 Å². The number of pyridine rings is 1. The third-order valence-corrected chi connectivity index (χ3v) is 5.23. The number of nitrogens with zero attached hydrogens (tertiary/aromatic N) is 3. The quantitative estimate of drug-likeness (QED) is 0.674. The number of rotatable bonds is 5. The zero-order chi connectivity index (χ0) is 19.3. The highest BCUT2D eigenvalue weighted by Gasteiger charge is 2.18. The van der Waals surface area contributed by atoms with Gasteiger partial charge >= 0.3 is 0 Å². The maximum absolute atomic E-state index is 9.85. The van der Waals surface area contributed by atoms with E-state index in [0.29, 0.717) is 5.69 Å². The normalized spacial score (nSPS) is 13.9. The fraction of sp³-hybridized carbons (Fsp3) is 0.250. The van der Waals surface area contributed by atoms with Gasteiger partial charge in [-0.3, -0.25) is 9.89 Å². The minimum Gasteiger partial charge on any atom is -0.506 e. The first-order chi connectivity index (χ1) is 13.7. The van der Waals surface area contributed by atoms with Crippen LogP contribution in [0.15, 0.2) is 65.7 Å². The smallest absolute Gasteiger partial charge is 0.142 e. The predicted molar refractivity (Wildman–Crippen MR) is 114 cm³/mol. The van der Waals surface area contributed by atoms with E-state index in [4.69, 9.17) is 0 Å². The van der Waals surface area contributed by atoms with Crippen LogP contribution in [-0.4, -0.2) is 34.8 Å². The fourth-order valence-electron chi connectivity index (χ4n) is 3.89. The number of aromatic nitrogens is 1. The highest BCUT2D eigenvalue weighted by atomic mass is 16.3. The van der Waals surface area contributed by atoms with Gasteiger partial charge in [0.15, 0.2) is 0 Å². The Morgan fingerprint density at radius 2 is 1.61 bits per heavy atom. The first kappa shape index (κ1) is 18.4. The van der Waals surface area contributed by atoms with Crippen LogP contribution in [0.4, 0.5) is 0 Å². The molecule has 4 rings (SSSR count). The van der Waals surface area contributed by atoms with Crippen molar-refractivity contribution in [2.75, 3.05) is 13.6 Å². The van der Waals surface area contributed by atoms with E-state index in [-0.39, 0.29) is 5.75 Å². The summed E-state index contributed by atoms with van der Waals surface area (Å²) in [4.78, 5) is 11.0. The zero-order valence-electron chi connectivity index (χ0n) is 16.2. The van der Waals surface area contributed by atoms with E-state index in [1.54, 1.807) is 19.3 Å². The van der Waals surface area contributed by atoms with Crippen molar-refractivity contribution in [3.8, 4) is 16.9 Å². The first-order valence-corrected chi connectivity index (χ1v) is 9.74. The molecule has 3 aromatic rings. The molecule has 0 amide bonds. The lowest BCUT2D eigenvalue weighted by atomic mass is 9.97. The number of fused-ring (bicyclic) bond motifs is 3. The van der Waals surface area contributed by atoms with Crippen LogP contribution in [0.1, 0.15) is 28.9 Å². The van der Waals surface area contributed by atoms with Gasteiger partial charge < -0.3 is 5.11 Å². The molecule has 0 unspecified atom stereocenters. The molecular weight excluding hydrogens is 346 g/mol. The summed E-state index contributed by atoms with van der Waals surface area (Å²) in [7, 11) is 1.68. The Hall–Kier alpha value is -2.98. The van der Waals surface area contributed by atoms with Crippen LogP contribution >= 0.6 is 0 Å². The molecule has 1 aliphatic rings. The molecule has 2 heterocycles. The van der Waals surface area contributed by atoms with Crippen LogP contribution in [0.3, 0.4) is 0 Å². The summed E-state index contributed by atoms with van der Waals surface area (Å²) < 4.78 is 0. The van der Waals surface area contributed by atoms with Crippen molar-refractivity contribution in [3.63, 3.8) is 0 Å². The number of benzene rings is 2. The van der Waals surface area contributed by atoms with Crippen molar-refractivity contribution in [2.24, 2.45) is 4.99 Å². The lowest BCUT2D eigenvalue weighted by Gasteiger charge is -2.21. The number of aromatic hydroxyl groups is 1. The van der Waals surface area contributed by atoms with Gasteiger partial charge in [-0.25, -0.2) is 4.98 Å². The molecular formula is C24H25N3O. The fourth-order valence-corrected chi connectivity index (χ4v) is 3.89. The van der Waals surface area contributed by atoms with Crippen LogP contribution in [0, 0.1) is 0 Å². The van der Waals surface area contributed by atoms with Gasteiger partial charge in [-0.05, 0) is 53.8 Å². The van der Waals surface area contributed by atoms with Gasteiger partial charge in [-0.15, -0.1) is 0 Å². The number of aliphatic imine (C=N–C) groups is 1. The van der Waals surface area contributed by atoms with Crippen LogP contribution in [0.2, 0.25) is 0 Å². The van der Waals surface area contributed by atoms with Crippen LogP contribution in [0.25, 0.3) is 11.1 Å². The third-order valence-electron chi connectivity index (χ3n) is 5.23. The molecule has 0 radical (unpaired) electrons. The molecule has 0 saturated carbocycles. The van der Waals surface area contributed by atoms with Crippen LogP contribution < -0.4 is 0 Å². The predicted octanol–water partition coefficient (Wildman–Crippen LogP) is 4.45. The summed E-state index contributed by atoms with van der Waals surface area (Å²) >= 11 is 0. The lowest BCUT2D eigenvalue weighted by molar-refractivity contribution is 0.256. The highest BCUT2D eigenvalue weighted by molar-refractivity contribution is 5.80. The first-order valence-electron chi connectivity index (χ1n) is 9.74. The average Bonchev–Trinajstić information content (AvgIpc) is 2.87. The van der Waals surface area contributed by atoms with E-state index in [0.717, 1.165) is 38.2 Å². The number of hydrogen-bond acceptors (Lipinski definition) is 4. The monoisotopic (exact) mass is 371 g/mol. The van der Waals surface area contributed by atoms with Gasteiger partial charge in [-0.2, -0.15) is 0 Å². The molecule has 28 heavy (non-hydrogen) atoms. The SMILES string of the molecule is C/N=C/c1nc(CCCN2Cc3ccccc3-c3ccccc3C2)ccc1O. The number of aryl methyl sites for hydroxylation is 1. The lowest BCUT2D eigenvalue weighted by Crippen LogP contribution is -2.23. The van der Waals surface area contributed by atoms with Crippen molar-refractivity contribution < 1.29 is 5.11 Å². The molecule has 0 spiro atoms. The van der Waals surface area contributed by atoms with E-state index < -0.39 is 0 Å². The van der Waals surface area contributed by atoms with Crippen molar-refractivity contribution in [1.82, 2.24) is 9.88 Å². The summed E-state index contributed by atoms with van der Waals surface area (Å²) in [5.74, 6) is 0.176. The maximum atomic E-state index is 9.85. The summed E-state index contributed by atoms with van der Waals surface area (Å²) in [6.45, 7) is 2.92. The van der Waals surface area contributed by atoms with Gasteiger partial charge in [0, 0.05) is 25.8 Å². The summed E-state index contributed by atoms with van der Waals surface area (Å²) in [6.07, 6.45) is 3.50. The van der Waals surface area contributed by atoms with Crippen LogP contribution in [0.5, 0.6) is 5.75 Å². The standard InChI is InChI=1S/C24H25N3O/c1-25-15-23-24(28)13-12-20(26-23)9-6-14-27-16-18-7-2-4-10-21(18)22-11-5-3-8-19(22)17-27/h2-5,7-8,10-13,15,28H,6,9,14,16-17H2,1H3/b25-15+. The Bertz CT molecular complexity index is 949. The third kappa shape index (κ3) is 3.97. The number of hydrogen-bond donors (Lipinski definition) is 1. The molecule has 1 aromatic heterocycles. The van der Waals surface area contributed by atoms with Gasteiger partial charge in [-0.1, -0.05) is 48.5 Å².